The summed E-state index contributed by atoms with van der Waals surface area (Å²) in [4.78, 5) is 31.7. The van der Waals surface area contributed by atoms with Gasteiger partial charge in [-0.1, -0.05) is 48.5 Å². The molecule has 5 rings (SSSR count). The molecule has 214 valence electrons. The van der Waals surface area contributed by atoms with Gasteiger partial charge in [-0.2, -0.15) is 0 Å². The van der Waals surface area contributed by atoms with Gasteiger partial charge in [0.05, 0.1) is 13.1 Å². The molecule has 1 aromatic heterocycles. The third-order valence-corrected chi connectivity index (χ3v) is 7.65. The van der Waals surface area contributed by atoms with Crippen molar-refractivity contribution in [3.63, 3.8) is 0 Å². The number of benzene rings is 3. The SMILES string of the molecule is Cc1c(N2CCN(Cc3ccc(F)cc3)CC2)c(=O)n(CC(N)c2ccccc2)c(=O)n1Cc1c(F)cccc1F. The Bertz CT molecular complexity index is 1610. The average Bonchev–Trinajstić information content (AvgIpc) is 2.97. The van der Waals surface area contributed by atoms with Crippen LogP contribution >= 0.6 is 0 Å². The van der Waals surface area contributed by atoms with Crippen LogP contribution in [0.1, 0.15) is 28.4 Å². The molecule has 41 heavy (non-hydrogen) atoms. The average molecular weight is 564 g/mol. The van der Waals surface area contributed by atoms with Crippen LogP contribution in [0.3, 0.4) is 0 Å². The molecular formula is C31H32F3N5O2. The lowest BCUT2D eigenvalue weighted by atomic mass is 10.1. The molecule has 10 heteroatoms. The van der Waals surface area contributed by atoms with Crippen molar-refractivity contribution in [1.29, 1.82) is 0 Å². The van der Waals surface area contributed by atoms with E-state index in [4.69, 9.17) is 5.73 Å². The molecule has 0 bridgehead atoms. The highest BCUT2D eigenvalue weighted by molar-refractivity contribution is 5.50. The monoisotopic (exact) mass is 563 g/mol. The molecule has 1 aliphatic heterocycles. The number of hydrogen-bond donors (Lipinski definition) is 1. The van der Waals surface area contributed by atoms with E-state index >= 15 is 0 Å². The number of halogens is 3. The van der Waals surface area contributed by atoms with Crippen molar-refractivity contribution >= 4 is 5.69 Å². The lowest BCUT2D eigenvalue weighted by Gasteiger charge is -2.37. The third kappa shape index (κ3) is 6.13. The summed E-state index contributed by atoms with van der Waals surface area (Å²) < 4.78 is 44.9. The summed E-state index contributed by atoms with van der Waals surface area (Å²) in [5.74, 6) is -1.83. The first-order valence-corrected chi connectivity index (χ1v) is 13.5. The van der Waals surface area contributed by atoms with E-state index in [9.17, 15) is 22.8 Å². The minimum atomic E-state index is -0.772. The zero-order valence-corrected chi connectivity index (χ0v) is 22.8. The first-order chi connectivity index (χ1) is 19.7. The molecule has 2 N–H and O–H groups in total. The van der Waals surface area contributed by atoms with Crippen LogP contribution in [-0.2, 0) is 19.6 Å². The Balaban J connectivity index is 1.49. The molecule has 0 saturated carbocycles. The van der Waals surface area contributed by atoms with Crippen LogP contribution in [0, 0.1) is 24.4 Å². The Morgan fingerprint density at radius 1 is 0.780 bits per heavy atom. The number of aromatic nitrogens is 2. The van der Waals surface area contributed by atoms with Gasteiger partial charge in [-0.15, -0.1) is 0 Å². The van der Waals surface area contributed by atoms with Crippen LogP contribution in [0.5, 0.6) is 0 Å². The van der Waals surface area contributed by atoms with E-state index in [0.717, 1.165) is 27.8 Å². The zero-order chi connectivity index (χ0) is 29.1. The van der Waals surface area contributed by atoms with E-state index in [-0.39, 0.29) is 24.5 Å². The van der Waals surface area contributed by atoms with Gasteiger partial charge in [0, 0.05) is 50.0 Å². The normalized spacial score (nSPS) is 14.8. The van der Waals surface area contributed by atoms with E-state index < -0.39 is 28.9 Å². The van der Waals surface area contributed by atoms with Crippen LogP contribution in [0.2, 0.25) is 0 Å². The van der Waals surface area contributed by atoms with Crippen molar-refractivity contribution in [2.24, 2.45) is 5.73 Å². The van der Waals surface area contributed by atoms with E-state index in [2.05, 4.69) is 4.90 Å². The molecule has 1 atom stereocenters. The fourth-order valence-electron chi connectivity index (χ4n) is 5.32. The molecule has 7 nitrogen and oxygen atoms in total. The van der Waals surface area contributed by atoms with Gasteiger partial charge < -0.3 is 10.6 Å². The summed E-state index contributed by atoms with van der Waals surface area (Å²) >= 11 is 0. The van der Waals surface area contributed by atoms with Crippen LogP contribution in [0.4, 0.5) is 18.9 Å². The summed E-state index contributed by atoms with van der Waals surface area (Å²) in [6.07, 6.45) is 0. The lowest BCUT2D eigenvalue weighted by molar-refractivity contribution is 0.249. The Hall–Kier alpha value is -4.15. The van der Waals surface area contributed by atoms with E-state index in [0.29, 0.717) is 44.1 Å². The fourth-order valence-corrected chi connectivity index (χ4v) is 5.32. The predicted octanol–water partition coefficient (Wildman–Crippen LogP) is 3.81. The second kappa shape index (κ2) is 12.2. The molecule has 2 heterocycles. The lowest BCUT2D eigenvalue weighted by Crippen LogP contribution is -2.51. The number of hydrogen-bond acceptors (Lipinski definition) is 5. The number of nitrogens with two attached hydrogens (primary N) is 1. The van der Waals surface area contributed by atoms with Crippen molar-refractivity contribution in [1.82, 2.24) is 14.0 Å². The highest BCUT2D eigenvalue weighted by atomic mass is 19.1. The quantitative estimate of drug-likeness (QED) is 0.353. The summed E-state index contributed by atoms with van der Waals surface area (Å²) in [5.41, 5.74) is 7.36. The van der Waals surface area contributed by atoms with Crippen molar-refractivity contribution in [3.05, 3.63) is 133 Å². The van der Waals surface area contributed by atoms with Gasteiger partial charge in [0.1, 0.15) is 23.1 Å². The Morgan fingerprint density at radius 2 is 1.41 bits per heavy atom. The molecule has 0 aliphatic carbocycles. The van der Waals surface area contributed by atoms with Gasteiger partial charge in [0.25, 0.3) is 5.56 Å². The maximum absolute atomic E-state index is 14.6. The van der Waals surface area contributed by atoms with Crippen molar-refractivity contribution < 1.29 is 13.2 Å². The molecule has 3 aromatic carbocycles. The molecule has 0 amide bonds. The molecule has 1 saturated heterocycles. The molecular weight excluding hydrogens is 531 g/mol. The summed E-state index contributed by atoms with van der Waals surface area (Å²) in [7, 11) is 0. The zero-order valence-electron chi connectivity index (χ0n) is 22.8. The number of nitrogens with zero attached hydrogens (tertiary/aromatic N) is 4. The minimum absolute atomic E-state index is 0.0980. The predicted molar refractivity (Wildman–Crippen MR) is 152 cm³/mol. The Morgan fingerprint density at radius 3 is 2.05 bits per heavy atom. The molecule has 1 fully saturated rings. The van der Waals surface area contributed by atoms with Crippen molar-refractivity contribution in [2.45, 2.75) is 32.6 Å². The molecule has 0 spiro atoms. The van der Waals surface area contributed by atoms with Crippen LogP contribution < -0.4 is 21.9 Å². The largest absolute Gasteiger partial charge is 0.363 e. The van der Waals surface area contributed by atoms with Gasteiger partial charge >= 0.3 is 5.69 Å². The van der Waals surface area contributed by atoms with E-state index in [1.165, 1.54) is 22.8 Å². The molecule has 0 radical (unpaired) electrons. The molecule has 4 aromatic rings. The standard InChI is InChI=1S/C31H32F3N5O2/c1-21-29(37-16-14-36(15-17-37)18-22-10-12-24(32)13-11-22)30(40)39(20-28(35)23-6-3-2-4-7-23)31(41)38(21)19-25-26(33)8-5-9-27(25)34/h2-13,28H,14-20,35H2,1H3. The third-order valence-electron chi connectivity index (χ3n) is 7.65. The fraction of sp³-hybridized carbons (Fsp3) is 0.290. The Labute approximate surface area is 235 Å². The van der Waals surface area contributed by atoms with Crippen LogP contribution in [0.25, 0.3) is 0 Å². The number of anilines is 1. The van der Waals surface area contributed by atoms with Crippen LogP contribution in [-0.4, -0.2) is 40.2 Å². The van der Waals surface area contributed by atoms with Gasteiger partial charge in [0.15, 0.2) is 0 Å². The highest BCUT2D eigenvalue weighted by Gasteiger charge is 2.26. The maximum Gasteiger partial charge on any atom is 0.331 e. The molecule has 1 unspecified atom stereocenters. The van der Waals surface area contributed by atoms with Gasteiger partial charge in [-0.05, 0) is 42.3 Å². The van der Waals surface area contributed by atoms with E-state index in [1.54, 1.807) is 19.1 Å². The summed E-state index contributed by atoms with van der Waals surface area (Å²) in [5, 5.41) is 0. The number of rotatable bonds is 8. The van der Waals surface area contributed by atoms with Gasteiger partial charge in [-0.3, -0.25) is 18.8 Å². The minimum Gasteiger partial charge on any atom is -0.363 e. The summed E-state index contributed by atoms with van der Waals surface area (Å²) in [6, 6.07) is 18.4. The molecule has 1 aliphatic rings. The second-order valence-electron chi connectivity index (χ2n) is 10.3. The topological polar surface area (TPSA) is 76.5 Å². The first-order valence-electron chi connectivity index (χ1n) is 13.5. The van der Waals surface area contributed by atoms with Crippen molar-refractivity contribution in [3.8, 4) is 0 Å². The highest BCUT2D eigenvalue weighted by Crippen LogP contribution is 2.21. The van der Waals surface area contributed by atoms with Gasteiger partial charge in [-0.25, -0.2) is 18.0 Å². The van der Waals surface area contributed by atoms with Gasteiger partial charge in [0.2, 0.25) is 0 Å². The second-order valence-corrected chi connectivity index (χ2v) is 10.3. The smallest absolute Gasteiger partial charge is 0.331 e. The Kier molecular flexibility index (Phi) is 8.41. The maximum atomic E-state index is 14.6. The van der Waals surface area contributed by atoms with E-state index in [1.807, 2.05) is 35.2 Å². The van der Waals surface area contributed by atoms with Crippen molar-refractivity contribution in [2.75, 3.05) is 31.1 Å². The van der Waals surface area contributed by atoms with Crippen LogP contribution in [0.15, 0.2) is 82.4 Å². The number of piperazine rings is 1. The first kappa shape index (κ1) is 28.4. The summed E-state index contributed by atoms with van der Waals surface area (Å²) in [6.45, 7) is 4.03.